The molecule has 1 aliphatic carbocycles. The number of nitrogens with one attached hydrogen (secondary N) is 2. The Balaban J connectivity index is 1.23. The van der Waals surface area contributed by atoms with Crippen molar-refractivity contribution in [2.75, 3.05) is 25.2 Å². The molecule has 2 amide bonds. The van der Waals surface area contributed by atoms with E-state index in [2.05, 4.69) is 34.9 Å². The summed E-state index contributed by atoms with van der Waals surface area (Å²) in [5.74, 6) is -0.867. The maximum absolute atomic E-state index is 12.4. The van der Waals surface area contributed by atoms with E-state index in [9.17, 15) is 19.5 Å². The molecule has 8 nitrogen and oxygen atoms in total. The van der Waals surface area contributed by atoms with Crippen molar-refractivity contribution >= 4 is 29.7 Å². The van der Waals surface area contributed by atoms with Crippen LogP contribution in [0.4, 0.5) is 4.79 Å². The van der Waals surface area contributed by atoms with Crippen LogP contribution in [0.3, 0.4) is 0 Å². The summed E-state index contributed by atoms with van der Waals surface area (Å²) in [4.78, 5) is 36.2. The lowest BCUT2D eigenvalue weighted by Crippen LogP contribution is -2.46. The third kappa shape index (κ3) is 5.97. The molecule has 186 valence electrons. The number of aliphatic carboxylic acids is 1. The molecule has 1 aliphatic heterocycles. The standard InChI is InChI=1S/C26H30N2O6S/c1-35-13-12-22(25(30)31)28-24(29)23-11-10-16(34-23)14-27-26(32)33-15-21-19-8-4-2-6-17(19)18-7-3-5-9-20(18)21/h2-9,16,21-23H,10-15H2,1H3,(H,27,32)(H,28,29)(H,30,31). The number of benzene rings is 2. The van der Waals surface area contributed by atoms with Crippen LogP contribution >= 0.6 is 11.8 Å². The van der Waals surface area contributed by atoms with Gasteiger partial charge in [-0.25, -0.2) is 9.59 Å². The van der Waals surface area contributed by atoms with Crippen molar-refractivity contribution in [2.24, 2.45) is 0 Å². The van der Waals surface area contributed by atoms with E-state index in [1.165, 1.54) is 22.9 Å². The van der Waals surface area contributed by atoms with Gasteiger partial charge in [0, 0.05) is 12.5 Å². The molecule has 3 N–H and O–H groups in total. The highest BCUT2D eigenvalue weighted by molar-refractivity contribution is 7.98. The van der Waals surface area contributed by atoms with Crippen LogP contribution in [0.2, 0.25) is 0 Å². The third-order valence-corrected chi connectivity index (χ3v) is 7.09. The quantitative estimate of drug-likeness (QED) is 0.460. The number of amides is 2. The van der Waals surface area contributed by atoms with Crippen molar-refractivity contribution in [3.05, 3.63) is 59.7 Å². The Morgan fingerprint density at radius 2 is 1.74 bits per heavy atom. The molecule has 0 aromatic heterocycles. The summed E-state index contributed by atoms with van der Waals surface area (Å²) >= 11 is 1.52. The van der Waals surface area contributed by atoms with E-state index in [0.29, 0.717) is 25.0 Å². The molecule has 1 fully saturated rings. The highest BCUT2D eigenvalue weighted by atomic mass is 32.2. The van der Waals surface area contributed by atoms with Crippen LogP contribution in [0, 0.1) is 0 Å². The van der Waals surface area contributed by atoms with Gasteiger partial charge >= 0.3 is 12.1 Å². The van der Waals surface area contributed by atoms with Gasteiger partial charge in [-0.05, 0) is 53.5 Å². The first-order chi connectivity index (χ1) is 17.0. The van der Waals surface area contributed by atoms with E-state index >= 15 is 0 Å². The smallest absolute Gasteiger partial charge is 0.407 e. The normalized spacial score (nSPS) is 19.5. The number of carboxylic acids is 1. The summed E-state index contributed by atoms with van der Waals surface area (Å²) in [7, 11) is 0. The van der Waals surface area contributed by atoms with Gasteiger partial charge in [-0.2, -0.15) is 11.8 Å². The number of carbonyl (C=O) groups is 3. The minimum atomic E-state index is -1.06. The largest absolute Gasteiger partial charge is 0.480 e. The predicted octanol–water partition coefficient (Wildman–Crippen LogP) is 3.40. The van der Waals surface area contributed by atoms with E-state index in [0.717, 1.165) is 11.1 Å². The second kappa shape index (κ2) is 11.6. The first-order valence-corrected chi connectivity index (χ1v) is 13.1. The lowest BCUT2D eigenvalue weighted by Gasteiger charge is -2.18. The van der Waals surface area contributed by atoms with Crippen LogP contribution < -0.4 is 10.6 Å². The SMILES string of the molecule is CSCCC(NC(=O)C1CCC(CNC(=O)OCC2c3ccccc3-c3ccccc32)O1)C(=O)O. The molecule has 0 radical (unpaired) electrons. The monoisotopic (exact) mass is 498 g/mol. The molecule has 1 heterocycles. The highest BCUT2D eigenvalue weighted by Gasteiger charge is 2.33. The summed E-state index contributed by atoms with van der Waals surface area (Å²) in [5.41, 5.74) is 4.62. The van der Waals surface area contributed by atoms with E-state index in [-0.39, 0.29) is 25.2 Å². The van der Waals surface area contributed by atoms with Crippen molar-refractivity contribution in [1.29, 1.82) is 0 Å². The molecule has 3 atom stereocenters. The van der Waals surface area contributed by atoms with Gasteiger partial charge in [-0.1, -0.05) is 48.5 Å². The summed E-state index contributed by atoms with van der Waals surface area (Å²) in [6.07, 6.45) is 1.70. The first-order valence-electron chi connectivity index (χ1n) is 11.7. The average molecular weight is 499 g/mol. The summed E-state index contributed by atoms with van der Waals surface area (Å²) in [5, 5.41) is 14.6. The van der Waals surface area contributed by atoms with Crippen LogP contribution in [0.25, 0.3) is 11.1 Å². The van der Waals surface area contributed by atoms with Crippen molar-refractivity contribution in [2.45, 2.75) is 43.4 Å². The topological polar surface area (TPSA) is 114 Å². The van der Waals surface area contributed by atoms with Crippen LogP contribution in [-0.4, -0.2) is 66.5 Å². The second-order valence-corrected chi connectivity index (χ2v) is 9.70. The number of alkyl carbamates (subject to hydrolysis) is 1. The van der Waals surface area contributed by atoms with Gasteiger partial charge in [0.1, 0.15) is 18.8 Å². The number of hydrogen-bond donors (Lipinski definition) is 3. The fourth-order valence-electron chi connectivity index (χ4n) is 4.65. The Labute approximate surface area is 208 Å². The number of rotatable bonds is 10. The first kappa shape index (κ1) is 25.1. The van der Waals surface area contributed by atoms with E-state index < -0.39 is 30.1 Å². The minimum Gasteiger partial charge on any atom is -0.480 e. The fourth-order valence-corrected chi connectivity index (χ4v) is 5.12. The molecule has 9 heteroatoms. The molecule has 0 spiro atoms. The number of ether oxygens (including phenoxy) is 2. The Morgan fingerprint density at radius 1 is 1.09 bits per heavy atom. The van der Waals surface area contributed by atoms with Gasteiger partial charge in [0.2, 0.25) is 5.91 Å². The Hall–Kier alpha value is -3.04. The molecule has 35 heavy (non-hydrogen) atoms. The Morgan fingerprint density at radius 3 is 2.37 bits per heavy atom. The third-order valence-electron chi connectivity index (χ3n) is 6.44. The minimum absolute atomic E-state index is 0.0164. The van der Waals surface area contributed by atoms with Crippen molar-refractivity contribution < 1.29 is 29.0 Å². The van der Waals surface area contributed by atoms with E-state index in [4.69, 9.17) is 9.47 Å². The average Bonchev–Trinajstić information content (AvgIpc) is 3.47. The van der Waals surface area contributed by atoms with Gasteiger partial charge < -0.3 is 25.2 Å². The summed E-state index contributed by atoms with van der Waals surface area (Å²) in [6.45, 7) is 0.443. The van der Waals surface area contributed by atoms with Crippen LogP contribution in [0.1, 0.15) is 36.3 Å². The molecule has 3 unspecified atom stereocenters. The number of fused-ring (bicyclic) bond motifs is 3. The highest BCUT2D eigenvalue weighted by Crippen LogP contribution is 2.44. The zero-order valence-electron chi connectivity index (χ0n) is 19.6. The lowest BCUT2D eigenvalue weighted by atomic mass is 9.98. The zero-order chi connectivity index (χ0) is 24.8. The molecular weight excluding hydrogens is 468 g/mol. The van der Waals surface area contributed by atoms with Crippen LogP contribution in [0.15, 0.2) is 48.5 Å². The molecule has 2 aliphatic rings. The number of hydrogen-bond acceptors (Lipinski definition) is 6. The zero-order valence-corrected chi connectivity index (χ0v) is 20.4. The fraction of sp³-hybridized carbons (Fsp3) is 0.423. The molecule has 2 aromatic rings. The molecule has 2 aromatic carbocycles. The maximum atomic E-state index is 12.4. The molecule has 0 saturated carbocycles. The molecule has 4 rings (SSSR count). The number of carbonyl (C=O) groups excluding carboxylic acids is 2. The lowest BCUT2D eigenvalue weighted by molar-refractivity contribution is -0.144. The van der Waals surface area contributed by atoms with E-state index in [1.54, 1.807) is 0 Å². The van der Waals surface area contributed by atoms with Gasteiger partial charge in [0.25, 0.3) is 0 Å². The van der Waals surface area contributed by atoms with Crippen molar-refractivity contribution in [1.82, 2.24) is 10.6 Å². The van der Waals surface area contributed by atoms with Gasteiger partial charge in [0.15, 0.2) is 0 Å². The van der Waals surface area contributed by atoms with Gasteiger partial charge in [-0.3, -0.25) is 4.79 Å². The summed E-state index contributed by atoms with van der Waals surface area (Å²) in [6, 6.07) is 15.4. The number of thioether (sulfide) groups is 1. The molecule has 0 bridgehead atoms. The molecule has 1 saturated heterocycles. The van der Waals surface area contributed by atoms with Gasteiger partial charge in [-0.15, -0.1) is 0 Å². The second-order valence-electron chi connectivity index (χ2n) is 8.71. The van der Waals surface area contributed by atoms with Crippen molar-refractivity contribution in [3.8, 4) is 11.1 Å². The van der Waals surface area contributed by atoms with Gasteiger partial charge in [0.05, 0.1) is 6.10 Å². The van der Waals surface area contributed by atoms with Crippen LogP contribution in [0.5, 0.6) is 0 Å². The predicted molar refractivity (Wildman–Crippen MR) is 134 cm³/mol. The van der Waals surface area contributed by atoms with Crippen LogP contribution in [-0.2, 0) is 19.1 Å². The van der Waals surface area contributed by atoms with E-state index in [1.807, 2.05) is 30.5 Å². The Bertz CT molecular complexity index is 1030. The summed E-state index contributed by atoms with van der Waals surface area (Å²) < 4.78 is 11.3. The van der Waals surface area contributed by atoms with Crippen molar-refractivity contribution in [3.63, 3.8) is 0 Å². The maximum Gasteiger partial charge on any atom is 0.407 e. The Kier molecular flexibility index (Phi) is 8.30. The molecular formula is C26H30N2O6S. The number of carboxylic acid groups (broad SMARTS) is 1.